The predicted molar refractivity (Wildman–Crippen MR) is 88.6 cm³/mol. The van der Waals surface area contributed by atoms with Crippen LogP contribution < -0.4 is 10.5 Å². The minimum absolute atomic E-state index is 0.0529. The third-order valence-electron chi connectivity index (χ3n) is 4.25. The van der Waals surface area contributed by atoms with Crippen molar-refractivity contribution >= 4 is 23.5 Å². The number of carbonyl (C=O) groups is 2. The maximum Gasteiger partial charge on any atom is 0.337 e. The molecule has 1 aliphatic heterocycles. The SMILES string of the molecule is CCOC(=O)C(C#N)C1(CC)C(C(=O)O)=C(N)Oc2ccc(Cl)cc21. The summed E-state index contributed by atoms with van der Waals surface area (Å²) in [5.74, 6) is -3.75. The number of nitriles is 1. The molecule has 1 aromatic carbocycles. The summed E-state index contributed by atoms with van der Waals surface area (Å²) >= 11 is 6.06. The summed E-state index contributed by atoms with van der Waals surface area (Å²) in [7, 11) is 0. The van der Waals surface area contributed by atoms with Crippen LogP contribution in [0.3, 0.4) is 0 Å². The number of benzene rings is 1. The zero-order valence-corrected chi connectivity index (χ0v) is 14.5. The number of carboxylic acid groups (broad SMARTS) is 1. The summed E-state index contributed by atoms with van der Waals surface area (Å²) < 4.78 is 10.4. The smallest absolute Gasteiger partial charge is 0.337 e. The monoisotopic (exact) mass is 364 g/mol. The quantitative estimate of drug-likeness (QED) is 0.768. The first-order valence-electron chi connectivity index (χ1n) is 7.61. The highest BCUT2D eigenvalue weighted by atomic mass is 35.5. The van der Waals surface area contributed by atoms with Crippen molar-refractivity contribution in [1.82, 2.24) is 0 Å². The Bertz CT molecular complexity index is 799. The molecule has 7 nitrogen and oxygen atoms in total. The van der Waals surface area contributed by atoms with Gasteiger partial charge in [-0.1, -0.05) is 18.5 Å². The lowest BCUT2D eigenvalue weighted by atomic mass is 9.63. The third-order valence-corrected chi connectivity index (χ3v) is 4.49. The van der Waals surface area contributed by atoms with Gasteiger partial charge in [0.05, 0.1) is 18.1 Å². The van der Waals surface area contributed by atoms with Gasteiger partial charge >= 0.3 is 11.9 Å². The highest BCUT2D eigenvalue weighted by molar-refractivity contribution is 6.30. The molecular weight excluding hydrogens is 348 g/mol. The molecule has 0 bridgehead atoms. The van der Waals surface area contributed by atoms with E-state index in [9.17, 15) is 20.0 Å². The number of nitrogens with two attached hydrogens (primary N) is 1. The standard InChI is InChI=1S/C17H17ClN2O5/c1-3-17(11(8-19)16(23)24-4-2)10-7-9(18)5-6-12(10)25-14(20)13(17)15(21)22/h5-7,11H,3-4,20H2,1-2H3,(H,21,22). The van der Waals surface area contributed by atoms with Crippen molar-refractivity contribution in [3.63, 3.8) is 0 Å². The molecular formula is C17H17ClN2O5. The number of hydrogen-bond acceptors (Lipinski definition) is 6. The fraction of sp³-hybridized carbons (Fsp3) is 0.353. The van der Waals surface area contributed by atoms with Crippen LogP contribution in [-0.2, 0) is 19.7 Å². The van der Waals surface area contributed by atoms with Crippen LogP contribution in [0.1, 0.15) is 25.8 Å². The van der Waals surface area contributed by atoms with E-state index >= 15 is 0 Å². The van der Waals surface area contributed by atoms with Gasteiger partial charge in [-0.2, -0.15) is 5.26 Å². The van der Waals surface area contributed by atoms with Gasteiger partial charge in [0.2, 0.25) is 5.88 Å². The second-order valence-corrected chi connectivity index (χ2v) is 5.86. The number of carboxylic acids is 1. The summed E-state index contributed by atoms with van der Waals surface area (Å²) in [6, 6.07) is 6.44. The number of rotatable bonds is 5. The van der Waals surface area contributed by atoms with Crippen molar-refractivity contribution in [2.24, 2.45) is 11.7 Å². The van der Waals surface area contributed by atoms with E-state index in [1.807, 2.05) is 6.07 Å². The highest BCUT2D eigenvalue weighted by Crippen LogP contribution is 2.51. The normalized spacial score (nSPS) is 20.1. The van der Waals surface area contributed by atoms with E-state index in [-0.39, 0.29) is 30.2 Å². The zero-order chi connectivity index (χ0) is 18.8. The van der Waals surface area contributed by atoms with Gasteiger partial charge in [-0.15, -0.1) is 0 Å². The van der Waals surface area contributed by atoms with Crippen molar-refractivity contribution in [2.75, 3.05) is 6.61 Å². The average Bonchev–Trinajstić information content (AvgIpc) is 2.55. The predicted octanol–water partition coefficient (Wildman–Crippen LogP) is 2.34. The summed E-state index contributed by atoms with van der Waals surface area (Å²) in [5.41, 5.74) is 4.24. The number of aliphatic carboxylic acids is 1. The van der Waals surface area contributed by atoms with E-state index in [1.54, 1.807) is 19.9 Å². The third kappa shape index (κ3) is 2.89. The van der Waals surface area contributed by atoms with Crippen molar-refractivity contribution in [2.45, 2.75) is 25.7 Å². The van der Waals surface area contributed by atoms with Gasteiger partial charge in [-0.05, 0) is 31.5 Å². The van der Waals surface area contributed by atoms with Crippen molar-refractivity contribution in [1.29, 1.82) is 5.26 Å². The number of halogens is 1. The van der Waals surface area contributed by atoms with Crippen LogP contribution in [-0.4, -0.2) is 23.7 Å². The second kappa shape index (κ2) is 7.03. The Morgan fingerprint density at radius 2 is 2.16 bits per heavy atom. The molecule has 0 amide bonds. The average molecular weight is 365 g/mol. The Morgan fingerprint density at radius 3 is 2.68 bits per heavy atom. The first-order chi connectivity index (χ1) is 11.8. The topological polar surface area (TPSA) is 123 Å². The highest BCUT2D eigenvalue weighted by Gasteiger charge is 2.54. The molecule has 0 spiro atoms. The van der Waals surface area contributed by atoms with Gasteiger partial charge in [-0.25, -0.2) is 4.79 Å². The lowest BCUT2D eigenvalue weighted by Gasteiger charge is -2.40. The molecule has 0 aromatic heterocycles. The number of nitrogens with zero attached hydrogens (tertiary/aromatic N) is 1. The van der Waals surface area contributed by atoms with E-state index < -0.39 is 23.3 Å². The van der Waals surface area contributed by atoms with Gasteiger partial charge in [0.1, 0.15) is 11.3 Å². The molecule has 1 aromatic rings. The molecule has 0 fully saturated rings. The molecule has 2 rings (SSSR count). The molecule has 2 atom stereocenters. The van der Waals surface area contributed by atoms with Crippen molar-refractivity contribution in [3.8, 4) is 11.8 Å². The first-order valence-corrected chi connectivity index (χ1v) is 7.98. The molecule has 3 N–H and O–H groups in total. The molecule has 0 saturated heterocycles. The number of fused-ring (bicyclic) bond motifs is 1. The molecule has 0 aliphatic carbocycles. The minimum Gasteiger partial charge on any atom is -0.478 e. The Kier molecular flexibility index (Phi) is 5.24. The van der Waals surface area contributed by atoms with Crippen LogP contribution in [0.4, 0.5) is 0 Å². The minimum atomic E-state index is -1.55. The van der Waals surface area contributed by atoms with Crippen LogP contribution in [0.5, 0.6) is 5.75 Å². The Labute approximate surface area is 149 Å². The van der Waals surface area contributed by atoms with Crippen LogP contribution in [0.25, 0.3) is 0 Å². The maximum absolute atomic E-state index is 12.4. The lowest BCUT2D eigenvalue weighted by molar-refractivity contribution is -0.148. The first kappa shape index (κ1) is 18.6. The van der Waals surface area contributed by atoms with Crippen LogP contribution >= 0.6 is 11.6 Å². The van der Waals surface area contributed by atoms with E-state index in [0.29, 0.717) is 10.6 Å². The summed E-state index contributed by atoms with van der Waals surface area (Å²) in [4.78, 5) is 24.4. The zero-order valence-electron chi connectivity index (χ0n) is 13.7. The van der Waals surface area contributed by atoms with Crippen molar-refractivity contribution < 1.29 is 24.2 Å². The molecule has 25 heavy (non-hydrogen) atoms. The summed E-state index contributed by atoms with van der Waals surface area (Å²) in [5, 5.41) is 19.7. The molecule has 132 valence electrons. The molecule has 8 heteroatoms. The van der Waals surface area contributed by atoms with Gasteiger partial charge in [0.25, 0.3) is 0 Å². The van der Waals surface area contributed by atoms with Crippen LogP contribution in [0.15, 0.2) is 29.7 Å². The molecule has 2 unspecified atom stereocenters. The number of carbonyl (C=O) groups excluding carboxylic acids is 1. The number of hydrogen-bond donors (Lipinski definition) is 2. The Balaban J connectivity index is 2.86. The fourth-order valence-corrected chi connectivity index (χ4v) is 3.39. The van der Waals surface area contributed by atoms with Crippen molar-refractivity contribution in [3.05, 3.63) is 40.2 Å². The largest absolute Gasteiger partial charge is 0.478 e. The molecule has 1 aliphatic rings. The molecule has 1 heterocycles. The van der Waals surface area contributed by atoms with E-state index in [4.69, 9.17) is 26.8 Å². The van der Waals surface area contributed by atoms with E-state index in [0.717, 1.165) is 0 Å². The molecule has 0 saturated carbocycles. The van der Waals surface area contributed by atoms with E-state index in [2.05, 4.69) is 0 Å². The van der Waals surface area contributed by atoms with Crippen LogP contribution in [0, 0.1) is 17.2 Å². The second-order valence-electron chi connectivity index (χ2n) is 5.43. The lowest BCUT2D eigenvalue weighted by Crippen LogP contribution is -2.47. The fourth-order valence-electron chi connectivity index (χ4n) is 3.22. The summed E-state index contributed by atoms with van der Waals surface area (Å²) in [6.07, 6.45) is 0.100. The number of esters is 1. The van der Waals surface area contributed by atoms with Gasteiger partial charge in [0, 0.05) is 10.6 Å². The number of ether oxygens (including phenoxy) is 2. The van der Waals surface area contributed by atoms with Crippen LogP contribution in [0.2, 0.25) is 5.02 Å². The van der Waals surface area contributed by atoms with Gasteiger partial charge in [0.15, 0.2) is 5.92 Å². The Morgan fingerprint density at radius 1 is 1.48 bits per heavy atom. The van der Waals surface area contributed by atoms with Gasteiger partial charge in [-0.3, -0.25) is 4.79 Å². The molecule has 0 radical (unpaired) electrons. The maximum atomic E-state index is 12.4. The van der Waals surface area contributed by atoms with E-state index in [1.165, 1.54) is 12.1 Å². The van der Waals surface area contributed by atoms with Gasteiger partial charge < -0.3 is 20.3 Å². The Hall–Kier alpha value is -2.72. The summed E-state index contributed by atoms with van der Waals surface area (Å²) in [6.45, 7) is 3.31.